The van der Waals surface area contributed by atoms with E-state index in [-0.39, 0.29) is 5.41 Å². The number of hydrogen-bond acceptors (Lipinski definition) is 1. The van der Waals surface area contributed by atoms with Crippen LogP contribution in [0.15, 0.2) is 0 Å². The summed E-state index contributed by atoms with van der Waals surface area (Å²) < 4.78 is 0. The van der Waals surface area contributed by atoms with Crippen molar-refractivity contribution in [3.8, 4) is 0 Å². The highest BCUT2D eigenvalue weighted by Gasteiger charge is 2.50. The fourth-order valence-corrected chi connectivity index (χ4v) is 2.90. The van der Waals surface area contributed by atoms with Crippen molar-refractivity contribution >= 4 is 5.91 Å². The number of nitrogens with zero attached hydrogens (tertiary/aromatic N) is 1. The lowest BCUT2D eigenvalue weighted by Gasteiger charge is -2.51. The molecule has 1 heterocycles. The molecule has 0 unspecified atom stereocenters. The lowest BCUT2D eigenvalue weighted by molar-refractivity contribution is -0.151. The predicted molar refractivity (Wildman–Crippen MR) is 61.5 cm³/mol. The zero-order valence-corrected chi connectivity index (χ0v) is 10.3. The minimum atomic E-state index is 0.231. The Kier molecular flexibility index (Phi) is 2.78. The van der Waals surface area contributed by atoms with E-state index in [1.807, 2.05) is 0 Å². The average molecular weight is 209 g/mol. The van der Waals surface area contributed by atoms with Gasteiger partial charge in [-0.1, -0.05) is 20.8 Å². The van der Waals surface area contributed by atoms with Crippen molar-refractivity contribution in [2.45, 2.75) is 46.5 Å². The van der Waals surface area contributed by atoms with Gasteiger partial charge in [-0.05, 0) is 37.0 Å². The molecular formula is C13H23NO. The molecule has 0 radical (unpaired) electrons. The molecule has 0 spiro atoms. The highest BCUT2D eigenvalue weighted by Crippen LogP contribution is 2.51. The highest BCUT2D eigenvalue weighted by atomic mass is 16.2. The van der Waals surface area contributed by atoms with E-state index < -0.39 is 0 Å². The Morgan fingerprint density at radius 3 is 2.27 bits per heavy atom. The Labute approximate surface area is 93.0 Å². The molecular weight excluding hydrogens is 186 g/mol. The fourth-order valence-electron chi connectivity index (χ4n) is 2.90. The molecule has 0 aromatic heterocycles. The van der Waals surface area contributed by atoms with Crippen LogP contribution in [0.2, 0.25) is 0 Å². The molecule has 15 heavy (non-hydrogen) atoms. The van der Waals surface area contributed by atoms with Crippen LogP contribution in [0.5, 0.6) is 0 Å². The number of carbonyl (C=O) groups excluding carboxylic acids is 1. The van der Waals surface area contributed by atoms with E-state index in [4.69, 9.17) is 0 Å². The van der Waals surface area contributed by atoms with Crippen LogP contribution in [0.1, 0.15) is 46.5 Å². The predicted octanol–water partition coefficient (Wildman–Crippen LogP) is 2.68. The van der Waals surface area contributed by atoms with Gasteiger partial charge in [0.05, 0.1) is 0 Å². The molecule has 0 N–H and O–H groups in total. The molecule has 2 atom stereocenters. The molecule has 2 rings (SSSR count). The molecule has 2 nitrogen and oxygen atoms in total. The van der Waals surface area contributed by atoms with Crippen molar-refractivity contribution in [1.82, 2.24) is 4.90 Å². The number of carbonyl (C=O) groups is 1. The summed E-state index contributed by atoms with van der Waals surface area (Å²) in [6.45, 7) is 8.75. The molecule has 1 aliphatic heterocycles. The third-order valence-corrected chi connectivity index (χ3v) is 4.72. The molecule has 2 fully saturated rings. The fraction of sp³-hybridized carbons (Fsp3) is 0.923. The van der Waals surface area contributed by atoms with Gasteiger partial charge in [0.15, 0.2) is 0 Å². The normalized spacial score (nSPS) is 34.7. The van der Waals surface area contributed by atoms with Crippen molar-refractivity contribution in [3.63, 3.8) is 0 Å². The van der Waals surface area contributed by atoms with Crippen LogP contribution >= 0.6 is 0 Å². The minimum absolute atomic E-state index is 0.231. The van der Waals surface area contributed by atoms with E-state index in [2.05, 4.69) is 25.7 Å². The quantitative estimate of drug-likeness (QED) is 0.650. The van der Waals surface area contributed by atoms with Gasteiger partial charge in [-0.25, -0.2) is 0 Å². The summed E-state index contributed by atoms with van der Waals surface area (Å²) in [7, 11) is 0. The van der Waals surface area contributed by atoms with Gasteiger partial charge in [0, 0.05) is 19.0 Å². The van der Waals surface area contributed by atoms with E-state index in [1.54, 1.807) is 0 Å². The van der Waals surface area contributed by atoms with Crippen LogP contribution in [-0.4, -0.2) is 23.9 Å². The standard InChI is InChI=1S/C13H23NO/c1-10-9-11(13(10,2)3)12(15)14-7-5-4-6-8-14/h10-11H,4-9H2,1-3H3/t10-,11-/m1/s1. The maximum absolute atomic E-state index is 12.3. The van der Waals surface area contributed by atoms with Crippen LogP contribution in [0, 0.1) is 17.3 Å². The lowest BCUT2D eigenvalue weighted by atomic mass is 9.55. The third kappa shape index (κ3) is 1.79. The van der Waals surface area contributed by atoms with Crippen molar-refractivity contribution in [2.24, 2.45) is 17.3 Å². The van der Waals surface area contributed by atoms with Crippen LogP contribution < -0.4 is 0 Å². The van der Waals surface area contributed by atoms with Crippen LogP contribution in [0.3, 0.4) is 0 Å². The molecule has 1 aliphatic carbocycles. The second-order valence-corrected chi connectivity index (χ2v) is 5.90. The Hall–Kier alpha value is -0.530. The van der Waals surface area contributed by atoms with Gasteiger partial charge < -0.3 is 4.90 Å². The monoisotopic (exact) mass is 209 g/mol. The molecule has 2 aliphatic rings. The van der Waals surface area contributed by atoms with Gasteiger partial charge in [0.2, 0.25) is 5.91 Å². The smallest absolute Gasteiger partial charge is 0.226 e. The number of hydrogen-bond donors (Lipinski definition) is 0. The maximum atomic E-state index is 12.3. The summed E-state index contributed by atoms with van der Waals surface area (Å²) in [5, 5.41) is 0. The Morgan fingerprint density at radius 2 is 1.80 bits per heavy atom. The average Bonchev–Trinajstić information content (AvgIpc) is 2.26. The summed E-state index contributed by atoms with van der Waals surface area (Å²) >= 11 is 0. The van der Waals surface area contributed by atoms with Gasteiger partial charge in [-0.2, -0.15) is 0 Å². The summed E-state index contributed by atoms with van der Waals surface area (Å²) in [5.74, 6) is 1.43. The lowest BCUT2D eigenvalue weighted by Crippen LogP contribution is -2.53. The SMILES string of the molecule is C[C@@H]1C[C@H](C(=O)N2CCCCC2)C1(C)C. The molecule has 2 heteroatoms. The van der Waals surface area contributed by atoms with Gasteiger partial charge in [0.25, 0.3) is 0 Å². The molecule has 0 bridgehead atoms. The van der Waals surface area contributed by atoms with Gasteiger partial charge in [-0.15, -0.1) is 0 Å². The van der Waals surface area contributed by atoms with Gasteiger partial charge >= 0.3 is 0 Å². The van der Waals surface area contributed by atoms with Crippen molar-refractivity contribution < 1.29 is 4.79 Å². The van der Waals surface area contributed by atoms with Gasteiger partial charge in [-0.3, -0.25) is 4.79 Å². The third-order valence-electron chi connectivity index (χ3n) is 4.72. The van der Waals surface area contributed by atoms with Crippen LogP contribution in [0.4, 0.5) is 0 Å². The summed E-state index contributed by atoms with van der Waals surface area (Å²) in [4.78, 5) is 14.4. The van der Waals surface area contributed by atoms with E-state index in [9.17, 15) is 4.79 Å². The molecule has 1 saturated carbocycles. The van der Waals surface area contributed by atoms with Crippen molar-refractivity contribution in [3.05, 3.63) is 0 Å². The van der Waals surface area contributed by atoms with Crippen molar-refractivity contribution in [1.29, 1.82) is 0 Å². The first kappa shape index (κ1) is 11.0. The summed E-state index contributed by atoms with van der Waals surface area (Å²) in [6.07, 6.45) is 4.81. The molecule has 0 aromatic carbocycles. The first-order chi connectivity index (χ1) is 7.03. The topological polar surface area (TPSA) is 20.3 Å². The zero-order chi connectivity index (χ0) is 11.1. The number of amides is 1. The highest BCUT2D eigenvalue weighted by molar-refractivity contribution is 5.80. The van der Waals surface area contributed by atoms with Crippen molar-refractivity contribution in [2.75, 3.05) is 13.1 Å². The summed E-state index contributed by atoms with van der Waals surface area (Å²) in [5.41, 5.74) is 0.231. The van der Waals surface area contributed by atoms with E-state index in [1.165, 1.54) is 19.3 Å². The first-order valence-electron chi connectivity index (χ1n) is 6.32. The number of likely N-dealkylation sites (tertiary alicyclic amines) is 1. The maximum Gasteiger partial charge on any atom is 0.226 e. The van der Waals surface area contributed by atoms with E-state index >= 15 is 0 Å². The zero-order valence-electron chi connectivity index (χ0n) is 10.3. The van der Waals surface area contributed by atoms with Crippen LogP contribution in [-0.2, 0) is 4.79 Å². The molecule has 86 valence electrons. The molecule has 1 amide bonds. The first-order valence-corrected chi connectivity index (χ1v) is 6.32. The number of rotatable bonds is 1. The number of piperidine rings is 1. The van der Waals surface area contributed by atoms with E-state index in [0.29, 0.717) is 17.7 Å². The largest absolute Gasteiger partial charge is 0.342 e. The second-order valence-electron chi connectivity index (χ2n) is 5.90. The summed E-state index contributed by atoms with van der Waals surface area (Å²) in [6, 6.07) is 0. The Morgan fingerprint density at radius 1 is 1.20 bits per heavy atom. The van der Waals surface area contributed by atoms with Crippen LogP contribution in [0.25, 0.3) is 0 Å². The molecule has 0 aromatic rings. The molecule has 1 saturated heterocycles. The van der Waals surface area contributed by atoms with E-state index in [0.717, 1.165) is 19.5 Å². The Bertz CT molecular complexity index is 253. The Balaban J connectivity index is 1.96. The second kappa shape index (κ2) is 3.80. The van der Waals surface area contributed by atoms with Gasteiger partial charge in [0.1, 0.15) is 0 Å². The minimum Gasteiger partial charge on any atom is -0.342 e.